The van der Waals surface area contributed by atoms with Crippen LogP contribution in [-0.4, -0.2) is 57.2 Å². The zero-order valence-electron chi connectivity index (χ0n) is 15.3. The quantitative estimate of drug-likeness (QED) is 0.400. The number of aromatic nitrogens is 2. The van der Waals surface area contributed by atoms with Gasteiger partial charge in [0, 0.05) is 25.7 Å². The van der Waals surface area contributed by atoms with Crippen LogP contribution in [0.2, 0.25) is 0 Å². The minimum absolute atomic E-state index is 0.0642. The lowest BCUT2D eigenvalue weighted by atomic mass is 9.96. The maximum atomic E-state index is 12.2. The zero-order valence-corrected chi connectivity index (χ0v) is 15.3. The number of rotatable bonds is 7. The molecule has 1 unspecified atom stereocenters. The van der Waals surface area contributed by atoms with Crippen LogP contribution >= 0.6 is 0 Å². The van der Waals surface area contributed by atoms with E-state index in [-0.39, 0.29) is 36.9 Å². The van der Waals surface area contributed by atoms with Gasteiger partial charge in [0.25, 0.3) is 12.4 Å². The summed E-state index contributed by atoms with van der Waals surface area (Å²) in [6.45, 7) is 4.88. The van der Waals surface area contributed by atoms with E-state index < -0.39 is 0 Å². The number of nitrogens with zero attached hydrogens (tertiary/aromatic N) is 2. The molecule has 0 spiro atoms. The number of aliphatic hydroxyl groups is 1. The first-order chi connectivity index (χ1) is 12.4. The van der Waals surface area contributed by atoms with Crippen LogP contribution < -0.4 is 10.6 Å². The van der Waals surface area contributed by atoms with Crippen LogP contribution in [-0.2, 0) is 22.6 Å². The summed E-state index contributed by atoms with van der Waals surface area (Å²) in [7, 11) is 0. The number of carbonyl (C=O) groups is 3. The average Bonchev–Trinajstić information content (AvgIpc) is 3.02. The van der Waals surface area contributed by atoms with Crippen molar-refractivity contribution in [1.29, 1.82) is 0 Å². The SMILES string of the molecule is CC(C)NC(=O)C1CCc2c(C(=O)NCCCCO)ncn2C1.O=CO. The van der Waals surface area contributed by atoms with Crippen LogP contribution in [0.25, 0.3) is 0 Å². The van der Waals surface area contributed by atoms with Crippen LogP contribution in [0.15, 0.2) is 6.33 Å². The van der Waals surface area contributed by atoms with E-state index >= 15 is 0 Å². The fourth-order valence-electron chi connectivity index (χ4n) is 2.80. The van der Waals surface area contributed by atoms with Gasteiger partial charge in [-0.15, -0.1) is 0 Å². The summed E-state index contributed by atoms with van der Waals surface area (Å²) in [6.07, 6.45) is 4.47. The summed E-state index contributed by atoms with van der Waals surface area (Å²) >= 11 is 0. The molecule has 26 heavy (non-hydrogen) atoms. The Hall–Kier alpha value is -2.42. The minimum Gasteiger partial charge on any atom is -0.483 e. The van der Waals surface area contributed by atoms with Crippen molar-refractivity contribution in [2.75, 3.05) is 13.2 Å². The Morgan fingerprint density at radius 2 is 2.12 bits per heavy atom. The van der Waals surface area contributed by atoms with Crippen LogP contribution in [0, 0.1) is 5.92 Å². The van der Waals surface area contributed by atoms with E-state index in [1.165, 1.54) is 0 Å². The van der Waals surface area contributed by atoms with Crippen molar-refractivity contribution in [3.63, 3.8) is 0 Å². The van der Waals surface area contributed by atoms with Crippen LogP contribution in [0.3, 0.4) is 0 Å². The second-order valence-corrected chi connectivity index (χ2v) is 6.38. The summed E-state index contributed by atoms with van der Waals surface area (Å²) in [4.78, 5) is 36.9. The van der Waals surface area contributed by atoms with Crippen LogP contribution in [0.1, 0.15) is 49.3 Å². The molecule has 1 aliphatic heterocycles. The lowest BCUT2D eigenvalue weighted by molar-refractivity contribution is -0.126. The van der Waals surface area contributed by atoms with Crippen LogP contribution in [0.4, 0.5) is 0 Å². The third kappa shape index (κ3) is 6.47. The third-order valence-electron chi connectivity index (χ3n) is 3.98. The highest BCUT2D eigenvalue weighted by Gasteiger charge is 2.28. The lowest BCUT2D eigenvalue weighted by Gasteiger charge is -2.24. The predicted octanol–water partition coefficient (Wildman–Crippen LogP) is 0.173. The molecule has 0 aromatic carbocycles. The summed E-state index contributed by atoms with van der Waals surface area (Å²) < 4.78 is 1.91. The smallest absolute Gasteiger partial charge is 0.290 e. The van der Waals surface area contributed by atoms with Crippen LogP contribution in [0.5, 0.6) is 0 Å². The molecule has 1 aromatic rings. The van der Waals surface area contributed by atoms with Gasteiger partial charge in [0.15, 0.2) is 0 Å². The number of fused-ring (bicyclic) bond motifs is 1. The molecule has 0 fully saturated rings. The Morgan fingerprint density at radius 3 is 2.73 bits per heavy atom. The van der Waals surface area contributed by atoms with Gasteiger partial charge >= 0.3 is 0 Å². The monoisotopic (exact) mass is 368 g/mol. The number of carbonyl (C=O) groups excluding carboxylic acids is 2. The summed E-state index contributed by atoms with van der Waals surface area (Å²) in [5.41, 5.74) is 1.36. The summed E-state index contributed by atoms with van der Waals surface area (Å²) in [5.74, 6) is -0.185. The van der Waals surface area contributed by atoms with Gasteiger partial charge in [0.05, 0.1) is 17.9 Å². The molecular weight excluding hydrogens is 340 g/mol. The second kappa shape index (κ2) is 11.2. The molecule has 0 radical (unpaired) electrons. The van der Waals surface area contributed by atoms with E-state index in [1.54, 1.807) is 6.33 Å². The van der Waals surface area contributed by atoms with E-state index in [9.17, 15) is 9.59 Å². The van der Waals surface area contributed by atoms with E-state index in [0.717, 1.165) is 18.5 Å². The third-order valence-corrected chi connectivity index (χ3v) is 3.98. The molecule has 9 nitrogen and oxygen atoms in total. The minimum atomic E-state index is -0.250. The molecule has 9 heteroatoms. The van der Waals surface area contributed by atoms with Gasteiger partial charge < -0.3 is 25.4 Å². The van der Waals surface area contributed by atoms with Gasteiger partial charge in [-0.3, -0.25) is 14.4 Å². The molecule has 1 atom stereocenters. The standard InChI is InChI=1S/C16H26N4O3.CH2O2/c1-11(2)19-15(22)12-5-6-13-14(18-10-20(13)9-12)16(23)17-7-3-4-8-21;2-1-3/h10-12,21H,3-9H2,1-2H3,(H,17,23)(H,19,22);1H,(H,2,3). The molecule has 0 bridgehead atoms. The highest BCUT2D eigenvalue weighted by molar-refractivity contribution is 5.93. The molecule has 4 N–H and O–H groups in total. The number of hydrogen-bond acceptors (Lipinski definition) is 5. The Labute approximate surface area is 152 Å². The first kappa shape index (κ1) is 21.6. The van der Waals surface area contributed by atoms with Gasteiger partial charge in [-0.05, 0) is 39.5 Å². The van der Waals surface area contributed by atoms with Crippen molar-refractivity contribution < 1.29 is 24.6 Å². The first-order valence-corrected chi connectivity index (χ1v) is 8.75. The summed E-state index contributed by atoms with van der Waals surface area (Å²) in [5, 5.41) is 21.4. The Bertz CT molecular complexity index is 600. The number of unbranched alkanes of at least 4 members (excludes halogenated alkanes) is 1. The van der Waals surface area contributed by atoms with E-state index in [2.05, 4.69) is 15.6 Å². The summed E-state index contributed by atoms with van der Waals surface area (Å²) in [6, 6.07) is 0.131. The molecule has 146 valence electrons. The normalized spacial score (nSPS) is 15.5. The molecule has 2 amide bonds. The Kier molecular flexibility index (Phi) is 9.35. The fourth-order valence-corrected chi connectivity index (χ4v) is 2.80. The number of hydrogen-bond donors (Lipinski definition) is 4. The van der Waals surface area contributed by atoms with Crippen molar-refractivity contribution in [1.82, 2.24) is 20.2 Å². The van der Waals surface area contributed by atoms with Gasteiger partial charge in [0.2, 0.25) is 5.91 Å². The first-order valence-electron chi connectivity index (χ1n) is 8.75. The number of aliphatic hydroxyl groups excluding tert-OH is 1. The maximum Gasteiger partial charge on any atom is 0.290 e. The number of carboxylic acid groups (broad SMARTS) is 1. The highest BCUT2D eigenvalue weighted by atomic mass is 16.3. The predicted molar refractivity (Wildman–Crippen MR) is 94.7 cm³/mol. The van der Waals surface area contributed by atoms with Crippen molar-refractivity contribution in [2.24, 2.45) is 5.92 Å². The molecule has 0 saturated heterocycles. The molecule has 1 aliphatic rings. The molecule has 2 rings (SSSR count). The zero-order chi connectivity index (χ0) is 19.5. The molecule has 0 aliphatic carbocycles. The number of amides is 2. The molecule has 1 aromatic heterocycles. The van der Waals surface area contributed by atoms with Crippen molar-refractivity contribution in [2.45, 2.75) is 52.1 Å². The van der Waals surface area contributed by atoms with Gasteiger partial charge in [-0.2, -0.15) is 0 Å². The van der Waals surface area contributed by atoms with Gasteiger partial charge in [0.1, 0.15) is 5.69 Å². The Balaban J connectivity index is 0.00000105. The van der Waals surface area contributed by atoms with Gasteiger partial charge in [-0.25, -0.2) is 4.98 Å². The Morgan fingerprint density at radius 1 is 1.42 bits per heavy atom. The highest BCUT2D eigenvalue weighted by Crippen LogP contribution is 2.22. The number of nitrogens with one attached hydrogen (secondary N) is 2. The topological polar surface area (TPSA) is 134 Å². The van der Waals surface area contributed by atoms with Crippen molar-refractivity contribution in [3.8, 4) is 0 Å². The van der Waals surface area contributed by atoms with Crippen molar-refractivity contribution in [3.05, 3.63) is 17.7 Å². The van der Waals surface area contributed by atoms with E-state index in [1.807, 2.05) is 18.4 Å². The fraction of sp³-hybridized carbons (Fsp3) is 0.647. The second-order valence-electron chi connectivity index (χ2n) is 6.38. The average molecular weight is 368 g/mol. The largest absolute Gasteiger partial charge is 0.483 e. The molecular formula is C17H28N4O5. The molecule has 0 saturated carbocycles. The lowest BCUT2D eigenvalue weighted by Crippen LogP contribution is -2.39. The van der Waals surface area contributed by atoms with E-state index in [0.29, 0.717) is 31.6 Å². The van der Waals surface area contributed by atoms with Gasteiger partial charge in [-0.1, -0.05) is 0 Å². The number of imidazole rings is 1. The molecule has 2 heterocycles. The maximum absolute atomic E-state index is 12.2. The van der Waals surface area contributed by atoms with Crippen molar-refractivity contribution >= 4 is 18.3 Å². The van der Waals surface area contributed by atoms with E-state index in [4.69, 9.17) is 15.0 Å².